The first-order chi connectivity index (χ1) is 25.2. The summed E-state index contributed by atoms with van der Waals surface area (Å²) in [6.07, 6.45) is -10.6. The Morgan fingerprint density at radius 2 is 1.56 bits per heavy atom. The molecule has 4 atom stereocenters. The summed E-state index contributed by atoms with van der Waals surface area (Å²) in [5.74, 6) is -0.966. The van der Waals surface area contributed by atoms with Crippen molar-refractivity contribution in [1.29, 1.82) is 0 Å². The summed E-state index contributed by atoms with van der Waals surface area (Å²) in [7, 11) is 0. The third-order valence-corrected chi connectivity index (χ3v) is 10.0. The lowest BCUT2D eigenvalue weighted by Gasteiger charge is -2.38. The number of rotatable bonds is 15. The summed E-state index contributed by atoms with van der Waals surface area (Å²) < 4.78 is 131. The molecule has 1 aliphatic carbocycles. The Kier molecular flexibility index (Phi) is 14.0. The van der Waals surface area contributed by atoms with Gasteiger partial charge in [0.25, 0.3) is 0 Å². The van der Waals surface area contributed by atoms with Gasteiger partial charge < -0.3 is 24.7 Å². The molecule has 1 aromatic heterocycles. The zero-order chi connectivity index (χ0) is 40.0. The number of alkyl halides is 9. The van der Waals surface area contributed by atoms with E-state index < -0.39 is 65.4 Å². The molecule has 2 aromatic carbocycles. The summed E-state index contributed by atoms with van der Waals surface area (Å²) in [6, 6.07) is 2.73. The van der Waals surface area contributed by atoms with Crippen molar-refractivity contribution < 1.29 is 59.3 Å². The quantitative estimate of drug-likeness (QED) is 0.115. The van der Waals surface area contributed by atoms with Gasteiger partial charge in [0.15, 0.2) is 5.75 Å². The van der Waals surface area contributed by atoms with Crippen LogP contribution in [0.1, 0.15) is 73.4 Å². The number of aliphatic hydroxyl groups excluding tert-OH is 1. The van der Waals surface area contributed by atoms with E-state index in [1.165, 1.54) is 42.0 Å². The zero-order valence-corrected chi connectivity index (χ0v) is 30.4. The number of hydrogen-bond donors (Lipinski definition) is 2. The number of nitrogens with zero attached hydrogens (tertiary/aromatic N) is 4. The molecule has 1 aliphatic rings. The molecule has 0 aliphatic heterocycles. The molecule has 18 heteroatoms. The van der Waals surface area contributed by atoms with Crippen LogP contribution < -0.4 is 14.5 Å². The van der Waals surface area contributed by atoms with Gasteiger partial charge in [0.2, 0.25) is 5.95 Å². The molecule has 8 nitrogen and oxygen atoms in total. The molecular formula is C36H41F9N4O4S. The monoisotopic (exact) mass is 796 g/mol. The number of ether oxygens (including phenoxy) is 1. The molecule has 0 bridgehead atoms. The van der Waals surface area contributed by atoms with Gasteiger partial charge in [0.05, 0.1) is 47.8 Å². The third-order valence-electron chi connectivity index (χ3n) is 9.44. The number of anilines is 2. The van der Waals surface area contributed by atoms with Crippen molar-refractivity contribution >= 4 is 29.4 Å². The van der Waals surface area contributed by atoms with Crippen molar-refractivity contribution in [2.24, 2.45) is 11.8 Å². The highest BCUT2D eigenvalue weighted by molar-refractivity contribution is 7.98. The van der Waals surface area contributed by atoms with Crippen molar-refractivity contribution in [3.05, 3.63) is 76.6 Å². The SMILES string of the molecule is CCN(C[C@@H]1CC[C@@H](CC(=O)O)C[C@@H]1O)c1ccc(C(F)(F)F)cc1CN(c1ncc(OCCSC)cn1)[C@@H](C)c1cc(C(F)(F)F)cc(C(F)(F)F)c1. The highest BCUT2D eigenvalue weighted by Gasteiger charge is 2.39. The van der Waals surface area contributed by atoms with Crippen molar-refractivity contribution in [3.8, 4) is 5.75 Å². The van der Waals surface area contributed by atoms with E-state index >= 15 is 0 Å². The highest BCUT2D eigenvalue weighted by atomic mass is 32.2. The molecule has 4 rings (SSSR count). The predicted octanol–water partition coefficient (Wildman–Crippen LogP) is 9.12. The van der Waals surface area contributed by atoms with Crippen LogP contribution >= 0.6 is 11.8 Å². The number of halogens is 9. The van der Waals surface area contributed by atoms with Gasteiger partial charge in [-0.25, -0.2) is 9.97 Å². The number of hydrogen-bond acceptors (Lipinski definition) is 8. The maximum atomic E-state index is 14.1. The summed E-state index contributed by atoms with van der Waals surface area (Å²) in [6.45, 7) is 3.26. The fourth-order valence-electron chi connectivity index (χ4n) is 6.56. The predicted molar refractivity (Wildman–Crippen MR) is 185 cm³/mol. The molecule has 1 fully saturated rings. The van der Waals surface area contributed by atoms with Gasteiger partial charge in [0, 0.05) is 43.4 Å². The lowest BCUT2D eigenvalue weighted by atomic mass is 9.78. The minimum atomic E-state index is -5.15. The Bertz CT molecular complexity index is 1680. The van der Waals surface area contributed by atoms with Crippen LogP contribution in [-0.4, -0.2) is 64.0 Å². The number of carboxylic acid groups (broad SMARTS) is 1. The average molecular weight is 797 g/mol. The Hall–Kier alpha value is -3.93. The van der Waals surface area contributed by atoms with E-state index in [1.807, 2.05) is 6.26 Å². The normalized spacial score (nSPS) is 18.6. The average Bonchev–Trinajstić information content (AvgIpc) is 3.09. The fraction of sp³-hybridized carbons (Fsp3) is 0.528. The van der Waals surface area contributed by atoms with Crippen LogP contribution in [-0.2, 0) is 29.9 Å². The second-order valence-electron chi connectivity index (χ2n) is 13.2. The standard InChI is InChI=1S/C36H41F9N4O4S/c1-4-48(19-23-6-5-22(11-31(23)50)12-32(51)52)30-8-7-26(34(37,38)39)15-25(30)20-49(33-46-17-29(18-47-33)53-9-10-54-3)21(2)24-13-27(35(40,41)42)16-28(14-24)36(43,44)45/h7-8,13-18,21-23,31,50H,4-6,9-12,19-20H2,1-3H3,(H,51,52)/t21-,22+,23-,31-/m0/s1. The molecule has 0 radical (unpaired) electrons. The van der Waals surface area contributed by atoms with Gasteiger partial charge in [-0.15, -0.1) is 0 Å². The van der Waals surface area contributed by atoms with E-state index in [0.717, 1.165) is 12.1 Å². The minimum absolute atomic E-state index is 0.00855. The van der Waals surface area contributed by atoms with E-state index in [1.54, 1.807) is 11.8 Å². The molecule has 1 heterocycles. The van der Waals surface area contributed by atoms with Crippen molar-refractivity contribution in [3.63, 3.8) is 0 Å². The highest BCUT2D eigenvalue weighted by Crippen LogP contribution is 2.41. The number of carboxylic acids is 1. The summed E-state index contributed by atoms with van der Waals surface area (Å²) in [5.41, 5.74) is -4.32. The summed E-state index contributed by atoms with van der Waals surface area (Å²) in [5, 5.41) is 20.1. The van der Waals surface area contributed by atoms with E-state index in [0.29, 0.717) is 30.7 Å². The molecule has 0 saturated heterocycles. The lowest BCUT2D eigenvalue weighted by molar-refractivity contribution is -0.143. The van der Waals surface area contributed by atoms with Crippen LogP contribution in [0.25, 0.3) is 0 Å². The number of benzene rings is 2. The first kappa shape index (κ1) is 42.8. The second-order valence-corrected chi connectivity index (χ2v) is 14.2. The molecule has 2 N–H and O–H groups in total. The number of aromatic nitrogens is 2. The minimum Gasteiger partial charge on any atom is -0.489 e. The topological polar surface area (TPSA) is 99.0 Å². The molecule has 54 heavy (non-hydrogen) atoms. The molecule has 298 valence electrons. The van der Waals surface area contributed by atoms with E-state index in [4.69, 9.17) is 4.74 Å². The van der Waals surface area contributed by atoms with E-state index in [9.17, 15) is 54.5 Å². The molecule has 0 amide bonds. The summed E-state index contributed by atoms with van der Waals surface area (Å²) >= 11 is 1.50. The number of aliphatic hydroxyl groups is 1. The molecule has 0 unspecified atom stereocenters. The number of thioether (sulfide) groups is 1. The van der Waals surface area contributed by atoms with Crippen LogP contribution in [0.4, 0.5) is 51.1 Å². The smallest absolute Gasteiger partial charge is 0.416 e. The summed E-state index contributed by atoms with van der Waals surface area (Å²) in [4.78, 5) is 22.7. The van der Waals surface area contributed by atoms with Crippen LogP contribution in [0.15, 0.2) is 48.8 Å². The van der Waals surface area contributed by atoms with Gasteiger partial charge in [-0.2, -0.15) is 51.3 Å². The van der Waals surface area contributed by atoms with Gasteiger partial charge >= 0.3 is 24.5 Å². The third kappa shape index (κ3) is 11.3. The molecule has 0 spiro atoms. The van der Waals surface area contributed by atoms with Gasteiger partial charge in [0.1, 0.15) is 0 Å². The van der Waals surface area contributed by atoms with Crippen molar-refractivity contribution in [1.82, 2.24) is 9.97 Å². The Morgan fingerprint density at radius 3 is 2.07 bits per heavy atom. The van der Waals surface area contributed by atoms with Gasteiger partial charge in [-0.05, 0) is 92.8 Å². The zero-order valence-electron chi connectivity index (χ0n) is 29.6. The lowest BCUT2D eigenvalue weighted by Crippen LogP contribution is -2.40. The van der Waals surface area contributed by atoms with Crippen LogP contribution in [0.3, 0.4) is 0 Å². The van der Waals surface area contributed by atoms with Crippen LogP contribution in [0, 0.1) is 11.8 Å². The first-order valence-electron chi connectivity index (χ1n) is 17.1. The van der Waals surface area contributed by atoms with Crippen molar-refractivity contribution in [2.75, 3.05) is 41.5 Å². The van der Waals surface area contributed by atoms with Gasteiger partial charge in [-0.3, -0.25) is 4.79 Å². The van der Waals surface area contributed by atoms with E-state index in [-0.39, 0.29) is 73.4 Å². The van der Waals surface area contributed by atoms with E-state index in [2.05, 4.69) is 9.97 Å². The maximum absolute atomic E-state index is 14.1. The molecule has 1 saturated carbocycles. The van der Waals surface area contributed by atoms with Crippen LogP contribution in [0.5, 0.6) is 5.75 Å². The Morgan fingerprint density at radius 1 is 0.944 bits per heavy atom. The Balaban J connectivity index is 1.81. The molecule has 3 aromatic rings. The molecular weight excluding hydrogens is 755 g/mol. The first-order valence-corrected chi connectivity index (χ1v) is 18.4. The fourth-order valence-corrected chi connectivity index (χ4v) is 6.81. The number of carbonyl (C=O) groups is 1. The second kappa shape index (κ2) is 17.7. The largest absolute Gasteiger partial charge is 0.489 e. The maximum Gasteiger partial charge on any atom is 0.416 e. The van der Waals surface area contributed by atoms with Crippen molar-refractivity contribution in [2.45, 2.75) is 76.8 Å². The number of aliphatic carboxylic acids is 1. The van der Waals surface area contributed by atoms with Crippen LogP contribution in [0.2, 0.25) is 0 Å². The van der Waals surface area contributed by atoms with Gasteiger partial charge in [-0.1, -0.05) is 0 Å². The Labute approximate surface area is 310 Å².